The van der Waals surface area contributed by atoms with Crippen molar-refractivity contribution in [3.8, 4) is 28.7 Å². The zero-order valence-electron chi connectivity index (χ0n) is 15.7. The van der Waals surface area contributed by atoms with Crippen molar-refractivity contribution < 1.29 is 23.5 Å². The average molecular weight is 413 g/mol. The van der Waals surface area contributed by atoms with Gasteiger partial charge in [-0.15, -0.1) is 11.8 Å². The molecule has 29 heavy (non-hydrogen) atoms. The van der Waals surface area contributed by atoms with E-state index in [1.165, 1.54) is 11.8 Å². The Labute approximate surface area is 171 Å². The van der Waals surface area contributed by atoms with Crippen LogP contribution >= 0.6 is 11.8 Å². The number of thioether (sulfide) groups is 1. The van der Waals surface area contributed by atoms with E-state index in [9.17, 15) is 4.79 Å². The molecule has 1 N–H and O–H groups in total. The van der Waals surface area contributed by atoms with Crippen molar-refractivity contribution >= 4 is 17.7 Å². The molecule has 150 valence electrons. The third kappa shape index (κ3) is 4.80. The Hall–Kier alpha value is -3.20. The number of carbonyl (C=O) groups excluding carboxylic acids is 1. The van der Waals surface area contributed by atoms with E-state index in [2.05, 4.69) is 15.5 Å². The Morgan fingerprint density at radius 3 is 2.83 bits per heavy atom. The van der Waals surface area contributed by atoms with Crippen molar-refractivity contribution in [1.82, 2.24) is 15.5 Å². The SMILES string of the molecule is COc1ccc(-c2nc(CSCC(=O)NCc3ccc4c(c3)OCO4)no2)cc1. The molecule has 0 radical (unpaired) electrons. The van der Waals surface area contributed by atoms with Gasteiger partial charge < -0.3 is 24.1 Å². The monoisotopic (exact) mass is 413 g/mol. The molecule has 1 amide bonds. The molecule has 9 heteroatoms. The summed E-state index contributed by atoms with van der Waals surface area (Å²) in [6, 6.07) is 13.0. The van der Waals surface area contributed by atoms with E-state index < -0.39 is 0 Å². The number of hydrogen-bond donors (Lipinski definition) is 1. The Kier molecular flexibility index (Phi) is 5.85. The summed E-state index contributed by atoms with van der Waals surface area (Å²) in [5.74, 6) is 3.90. The lowest BCUT2D eigenvalue weighted by Gasteiger charge is -2.05. The number of nitrogens with zero attached hydrogens (tertiary/aromatic N) is 2. The van der Waals surface area contributed by atoms with Crippen LogP contribution in [0.5, 0.6) is 17.2 Å². The number of benzene rings is 2. The second-order valence-electron chi connectivity index (χ2n) is 6.20. The van der Waals surface area contributed by atoms with E-state index >= 15 is 0 Å². The molecule has 0 fully saturated rings. The molecule has 1 aromatic heterocycles. The summed E-state index contributed by atoms with van der Waals surface area (Å²) < 4.78 is 21.0. The topological polar surface area (TPSA) is 95.7 Å². The molecule has 0 bridgehead atoms. The number of rotatable bonds is 8. The highest BCUT2D eigenvalue weighted by Gasteiger charge is 2.14. The number of nitrogens with one attached hydrogen (secondary N) is 1. The van der Waals surface area contributed by atoms with E-state index in [1.54, 1.807) is 7.11 Å². The Bertz CT molecular complexity index is 990. The number of fused-ring (bicyclic) bond motifs is 1. The van der Waals surface area contributed by atoms with E-state index in [0.29, 0.717) is 35.5 Å². The maximum absolute atomic E-state index is 12.1. The van der Waals surface area contributed by atoms with Gasteiger partial charge >= 0.3 is 0 Å². The second-order valence-corrected chi connectivity index (χ2v) is 7.19. The summed E-state index contributed by atoms with van der Waals surface area (Å²) in [5, 5.41) is 6.85. The van der Waals surface area contributed by atoms with Crippen molar-refractivity contribution in [3.05, 3.63) is 53.9 Å². The van der Waals surface area contributed by atoms with Gasteiger partial charge in [-0.3, -0.25) is 4.79 Å². The largest absolute Gasteiger partial charge is 0.497 e. The minimum atomic E-state index is -0.0634. The van der Waals surface area contributed by atoms with Gasteiger partial charge in [0.25, 0.3) is 5.89 Å². The summed E-state index contributed by atoms with van der Waals surface area (Å²) >= 11 is 1.42. The molecule has 0 saturated carbocycles. The van der Waals surface area contributed by atoms with Crippen molar-refractivity contribution in [1.29, 1.82) is 0 Å². The van der Waals surface area contributed by atoms with Crippen LogP contribution in [0.15, 0.2) is 47.0 Å². The molecule has 0 aliphatic carbocycles. The molecule has 0 saturated heterocycles. The maximum atomic E-state index is 12.1. The lowest BCUT2D eigenvalue weighted by atomic mass is 10.2. The highest BCUT2D eigenvalue weighted by Crippen LogP contribution is 2.32. The zero-order chi connectivity index (χ0) is 20.1. The van der Waals surface area contributed by atoms with Gasteiger partial charge in [0, 0.05) is 12.1 Å². The van der Waals surface area contributed by atoms with Gasteiger partial charge in [0.1, 0.15) is 5.75 Å². The van der Waals surface area contributed by atoms with E-state index in [0.717, 1.165) is 22.6 Å². The van der Waals surface area contributed by atoms with Crippen LogP contribution in [0.4, 0.5) is 0 Å². The molecule has 0 spiro atoms. The molecular formula is C20H19N3O5S. The highest BCUT2D eigenvalue weighted by molar-refractivity contribution is 7.99. The summed E-state index contributed by atoms with van der Waals surface area (Å²) in [4.78, 5) is 16.4. The fourth-order valence-corrected chi connectivity index (χ4v) is 3.39. The van der Waals surface area contributed by atoms with Gasteiger partial charge in [0.15, 0.2) is 17.3 Å². The number of hydrogen-bond acceptors (Lipinski definition) is 8. The zero-order valence-corrected chi connectivity index (χ0v) is 16.5. The average Bonchev–Trinajstić information content (AvgIpc) is 3.41. The van der Waals surface area contributed by atoms with Crippen LogP contribution in [0.3, 0.4) is 0 Å². The highest BCUT2D eigenvalue weighted by atomic mass is 32.2. The quantitative estimate of drug-likeness (QED) is 0.602. The molecule has 2 aromatic carbocycles. The van der Waals surface area contributed by atoms with Crippen LogP contribution < -0.4 is 19.5 Å². The number of methoxy groups -OCH3 is 1. The molecule has 1 aliphatic rings. The molecular weight excluding hydrogens is 394 g/mol. The first-order valence-corrected chi connectivity index (χ1v) is 10.1. The lowest BCUT2D eigenvalue weighted by molar-refractivity contribution is -0.118. The standard InChI is InChI=1S/C20H19N3O5S/c1-25-15-5-3-14(4-6-15)20-22-18(23-28-20)10-29-11-19(24)21-9-13-2-7-16-17(8-13)27-12-26-16/h2-8H,9-12H2,1H3,(H,21,24). The van der Waals surface area contributed by atoms with Crippen LogP contribution in [0.2, 0.25) is 0 Å². The molecule has 8 nitrogen and oxygen atoms in total. The van der Waals surface area contributed by atoms with Gasteiger partial charge in [0.05, 0.1) is 18.6 Å². The Balaban J connectivity index is 1.21. The van der Waals surface area contributed by atoms with Gasteiger partial charge in [0.2, 0.25) is 12.7 Å². The number of amides is 1. The third-order valence-corrected chi connectivity index (χ3v) is 5.12. The summed E-state index contributed by atoms with van der Waals surface area (Å²) in [7, 11) is 1.61. The summed E-state index contributed by atoms with van der Waals surface area (Å²) in [5.41, 5.74) is 1.77. The maximum Gasteiger partial charge on any atom is 0.257 e. The van der Waals surface area contributed by atoms with Crippen LogP contribution in [0.25, 0.3) is 11.5 Å². The number of carbonyl (C=O) groups is 1. The van der Waals surface area contributed by atoms with Crippen LogP contribution in [0.1, 0.15) is 11.4 Å². The first kappa shape index (κ1) is 19.1. The van der Waals surface area contributed by atoms with E-state index in [4.69, 9.17) is 18.7 Å². The molecule has 3 aromatic rings. The molecule has 4 rings (SSSR count). The van der Waals surface area contributed by atoms with E-state index in [-0.39, 0.29) is 12.7 Å². The van der Waals surface area contributed by atoms with Gasteiger partial charge in [-0.1, -0.05) is 11.2 Å². The molecule has 2 heterocycles. The fraction of sp³-hybridized carbons (Fsp3) is 0.250. The third-order valence-electron chi connectivity index (χ3n) is 4.20. The number of ether oxygens (including phenoxy) is 3. The van der Waals surface area contributed by atoms with Crippen LogP contribution in [-0.2, 0) is 17.1 Å². The summed E-state index contributed by atoms with van der Waals surface area (Å²) in [6.45, 7) is 0.665. The van der Waals surface area contributed by atoms with Crippen molar-refractivity contribution in [3.63, 3.8) is 0 Å². The normalized spacial score (nSPS) is 12.0. The van der Waals surface area contributed by atoms with Gasteiger partial charge in [-0.05, 0) is 42.0 Å². The van der Waals surface area contributed by atoms with Gasteiger partial charge in [-0.2, -0.15) is 4.98 Å². The van der Waals surface area contributed by atoms with E-state index in [1.807, 2.05) is 42.5 Å². The Morgan fingerprint density at radius 2 is 2.00 bits per heavy atom. The molecule has 0 unspecified atom stereocenters. The van der Waals surface area contributed by atoms with Crippen molar-refractivity contribution in [2.75, 3.05) is 19.7 Å². The number of aromatic nitrogens is 2. The lowest BCUT2D eigenvalue weighted by Crippen LogP contribution is -2.24. The minimum absolute atomic E-state index is 0.0634. The smallest absolute Gasteiger partial charge is 0.257 e. The van der Waals surface area contributed by atoms with Crippen LogP contribution in [0, 0.1) is 0 Å². The Morgan fingerprint density at radius 1 is 1.17 bits per heavy atom. The van der Waals surface area contributed by atoms with Gasteiger partial charge in [-0.25, -0.2) is 0 Å². The van der Waals surface area contributed by atoms with Crippen LogP contribution in [-0.4, -0.2) is 35.7 Å². The van der Waals surface area contributed by atoms with Crippen molar-refractivity contribution in [2.24, 2.45) is 0 Å². The molecule has 1 aliphatic heterocycles. The fourth-order valence-electron chi connectivity index (χ4n) is 2.70. The minimum Gasteiger partial charge on any atom is -0.497 e. The summed E-state index contributed by atoms with van der Waals surface area (Å²) in [6.07, 6.45) is 0. The first-order chi connectivity index (χ1) is 14.2. The van der Waals surface area contributed by atoms with Crippen molar-refractivity contribution in [2.45, 2.75) is 12.3 Å². The second kappa shape index (κ2) is 8.87. The predicted molar refractivity (Wildman–Crippen MR) is 107 cm³/mol. The molecule has 0 atom stereocenters. The first-order valence-electron chi connectivity index (χ1n) is 8.91. The predicted octanol–water partition coefficient (Wildman–Crippen LogP) is 3.02.